The Morgan fingerprint density at radius 3 is 2.40 bits per heavy atom. The Hall–Kier alpha value is -1.36. The van der Waals surface area contributed by atoms with Gasteiger partial charge in [-0.3, -0.25) is 0 Å². The van der Waals surface area contributed by atoms with Crippen LogP contribution in [0.2, 0.25) is 0 Å². The normalized spacial score (nSPS) is 16.2. The van der Waals surface area contributed by atoms with Gasteiger partial charge in [0.15, 0.2) is 0 Å². The van der Waals surface area contributed by atoms with Gasteiger partial charge in [0.1, 0.15) is 0 Å². The standard InChI is InChI=1S/C14H17F3N2O4S.ClH/c1-23-13(20)11-3-2-10(8-12(11)14(15,16)17)24(21,22)19-9-4-6-18-7-5-9;/h2-3,8-9,18-19H,4-7H2,1H3;1H. The van der Waals surface area contributed by atoms with Crippen molar-refractivity contribution < 1.29 is 31.1 Å². The minimum Gasteiger partial charge on any atom is -0.465 e. The highest BCUT2D eigenvalue weighted by Crippen LogP contribution is 2.34. The zero-order chi connectivity index (χ0) is 18.0. The minimum atomic E-state index is -4.89. The zero-order valence-corrected chi connectivity index (χ0v) is 14.9. The second-order valence-corrected chi connectivity index (χ2v) is 7.06. The minimum absolute atomic E-state index is 0. The molecule has 1 heterocycles. The van der Waals surface area contributed by atoms with Gasteiger partial charge in [-0.1, -0.05) is 0 Å². The fourth-order valence-corrected chi connectivity index (χ4v) is 3.77. The van der Waals surface area contributed by atoms with Gasteiger partial charge in [-0.05, 0) is 44.1 Å². The first kappa shape index (κ1) is 21.7. The number of benzene rings is 1. The van der Waals surface area contributed by atoms with Gasteiger partial charge in [0.25, 0.3) is 0 Å². The molecule has 0 aliphatic carbocycles. The number of rotatable bonds is 4. The third kappa shape index (κ3) is 5.30. The lowest BCUT2D eigenvalue weighted by Crippen LogP contribution is -2.42. The van der Waals surface area contributed by atoms with Crippen molar-refractivity contribution in [1.82, 2.24) is 10.0 Å². The molecule has 1 aliphatic rings. The predicted octanol–water partition coefficient (Wildman–Crippen LogP) is 1.94. The van der Waals surface area contributed by atoms with Crippen LogP contribution in [-0.4, -0.2) is 40.6 Å². The molecule has 142 valence electrons. The first-order valence-corrected chi connectivity index (χ1v) is 8.66. The summed E-state index contributed by atoms with van der Waals surface area (Å²) >= 11 is 0. The number of sulfonamides is 1. The van der Waals surface area contributed by atoms with Crippen molar-refractivity contribution in [2.45, 2.75) is 30.0 Å². The number of nitrogens with one attached hydrogen (secondary N) is 2. The maximum Gasteiger partial charge on any atom is 0.417 e. The molecule has 0 amide bonds. The molecule has 0 unspecified atom stereocenters. The fraction of sp³-hybridized carbons (Fsp3) is 0.500. The van der Waals surface area contributed by atoms with Crippen LogP contribution in [0.5, 0.6) is 0 Å². The van der Waals surface area contributed by atoms with Crippen molar-refractivity contribution in [3.63, 3.8) is 0 Å². The second kappa shape index (κ2) is 8.35. The van der Waals surface area contributed by atoms with Crippen molar-refractivity contribution >= 4 is 28.4 Å². The summed E-state index contributed by atoms with van der Waals surface area (Å²) in [5, 5.41) is 3.06. The van der Waals surface area contributed by atoms with Crippen LogP contribution in [0.25, 0.3) is 0 Å². The third-order valence-electron chi connectivity index (χ3n) is 3.67. The van der Waals surface area contributed by atoms with Crippen molar-refractivity contribution in [1.29, 1.82) is 0 Å². The number of esters is 1. The highest BCUT2D eigenvalue weighted by atomic mass is 35.5. The Bertz CT molecular complexity index is 719. The van der Waals surface area contributed by atoms with Crippen LogP contribution >= 0.6 is 12.4 Å². The molecule has 0 saturated carbocycles. The molecular weight excluding hydrogens is 385 g/mol. The van der Waals surface area contributed by atoms with E-state index < -0.39 is 38.2 Å². The Kier molecular flexibility index (Phi) is 7.24. The average Bonchev–Trinajstić information content (AvgIpc) is 2.53. The lowest BCUT2D eigenvalue weighted by Gasteiger charge is -2.23. The molecule has 6 nitrogen and oxygen atoms in total. The van der Waals surface area contributed by atoms with E-state index in [0.29, 0.717) is 32.0 Å². The van der Waals surface area contributed by atoms with Gasteiger partial charge < -0.3 is 10.1 Å². The lowest BCUT2D eigenvalue weighted by atomic mass is 10.1. The molecule has 2 N–H and O–H groups in total. The number of carbonyl (C=O) groups excluding carboxylic acids is 1. The summed E-state index contributed by atoms with van der Waals surface area (Å²) in [7, 11) is -3.17. The van der Waals surface area contributed by atoms with Crippen LogP contribution in [0.1, 0.15) is 28.8 Å². The van der Waals surface area contributed by atoms with E-state index in [9.17, 15) is 26.4 Å². The maximum absolute atomic E-state index is 13.1. The molecule has 0 spiro atoms. The van der Waals surface area contributed by atoms with Crippen LogP contribution in [0, 0.1) is 0 Å². The first-order chi connectivity index (χ1) is 11.1. The van der Waals surface area contributed by atoms with E-state index >= 15 is 0 Å². The van der Waals surface area contributed by atoms with E-state index in [0.717, 1.165) is 19.2 Å². The quantitative estimate of drug-likeness (QED) is 0.752. The zero-order valence-electron chi connectivity index (χ0n) is 13.2. The van der Waals surface area contributed by atoms with Crippen LogP contribution < -0.4 is 10.0 Å². The molecule has 1 aromatic rings. The molecule has 1 aliphatic heterocycles. The third-order valence-corrected chi connectivity index (χ3v) is 5.19. The number of carbonyl (C=O) groups is 1. The Morgan fingerprint density at radius 1 is 1.28 bits per heavy atom. The van der Waals surface area contributed by atoms with E-state index in [1.807, 2.05) is 0 Å². The SMILES string of the molecule is COC(=O)c1ccc(S(=O)(=O)NC2CCNCC2)cc1C(F)(F)F.Cl. The number of hydrogen-bond acceptors (Lipinski definition) is 5. The number of alkyl halides is 3. The van der Waals surface area contributed by atoms with E-state index in [-0.39, 0.29) is 18.4 Å². The molecule has 2 rings (SSSR count). The molecule has 11 heteroatoms. The molecule has 25 heavy (non-hydrogen) atoms. The molecule has 1 fully saturated rings. The van der Waals surface area contributed by atoms with Crippen molar-refractivity contribution in [3.05, 3.63) is 29.3 Å². The van der Waals surface area contributed by atoms with Gasteiger partial charge in [-0.15, -0.1) is 12.4 Å². The first-order valence-electron chi connectivity index (χ1n) is 7.18. The summed E-state index contributed by atoms with van der Waals surface area (Å²) in [4.78, 5) is 10.9. The van der Waals surface area contributed by atoms with Gasteiger partial charge in [-0.2, -0.15) is 13.2 Å². The summed E-state index contributed by atoms with van der Waals surface area (Å²) in [6, 6.07) is 1.89. The molecule has 0 atom stereocenters. The van der Waals surface area contributed by atoms with Crippen molar-refractivity contribution in [3.8, 4) is 0 Å². The predicted molar refractivity (Wildman–Crippen MR) is 86.2 cm³/mol. The average molecular weight is 403 g/mol. The van der Waals surface area contributed by atoms with Crippen LogP contribution in [0.3, 0.4) is 0 Å². The summed E-state index contributed by atoms with van der Waals surface area (Å²) in [6.07, 6.45) is -3.79. The maximum atomic E-state index is 13.1. The second-order valence-electron chi connectivity index (χ2n) is 5.34. The molecule has 1 aromatic carbocycles. The number of ether oxygens (including phenoxy) is 1. The molecule has 1 saturated heterocycles. The van der Waals surface area contributed by atoms with Crippen LogP contribution in [0.4, 0.5) is 13.2 Å². The fourth-order valence-electron chi connectivity index (χ4n) is 2.44. The van der Waals surface area contributed by atoms with Gasteiger partial charge in [-0.25, -0.2) is 17.9 Å². The molecule has 0 bridgehead atoms. The summed E-state index contributed by atoms with van der Waals surface area (Å²) in [5.41, 5.74) is -2.08. The Balaban J connectivity index is 0.00000312. The lowest BCUT2D eigenvalue weighted by molar-refractivity contribution is -0.138. The monoisotopic (exact) mass is 402 g/mol. The highest BCUT2D eigenvalue weighted by Gasteiger charge is 2.37. The largest absolute Gasteiger partial charge is 0.465 e. The van der Waals surface area contributed by atoms with E-state index in [2.05, 4.69) is 14.8 Å². The smallest absolute Gasteiger partial charge is 0.417 e. The summed E-state index contributed by atoms with van der Waals surface area (Å²) in [6.45, 7) is 1.25. The van der Waals surface area contributed by atoms with Gasteiger partial charge >= 0.3 is 12.1 Å². The number of piperidine rings is 1. The topological polar surface area (TPSA) is 84.5 Å². The van der Waals surface area contributed by atoms with E-state index in [4.69, 9.17) is 0 Å². The van der Waals surface area contributed by atoms with E-state index in [1.165, 1.54) is 0 Å². The summed E-state index contributed by atoms with van der Waals surface area (Å²) < 4.78 is 70.8. The van der Waals surface area contributed by atoms with Crippen LogP contribution in [-0.2, 0) is 20.9 Å². The molecular formula is C14H18ClF3N2O4S. The molecule has 0 aromatic heterocycles. The Morgan fingerprint density at radius 2 is 1.88 bits per heavy atom. The van der Waals surface area contributed by atoms with E-state index in [1.54, 1.807) is 0 Å². The van der Waals surface area contributed by atoms with Gasteiger partial charge in [0, 0.05) is 6.04 Å². The van der Waals surface area contributed by atoms with Crippen LogP contribution in [0.15, 0.2) is 23.1 Å². The van der Waals surface area contributed by atoms with Crippen molar-refractivity contribution in [2.24, 2.45) is 0 Å². The summed E-state index contributed by atoms with van der Waals surface area (Å²) in [5.74, 6) is -1.18. The van der Waals surface area contributed by atoms with Gasteiger partial charge in [0.05, 0.1) is 23.1 Å². The number of halogens is 4. The van der Waals surface area contributed by atoms with Gasteiger partial charge in [0.2, 0.25) is 10.0 Å². The highest BCUT2D eigenvalue weighted by molar-refractivity contribution is 7.89. The number of methoxy groups -OCH3 is 1. The Labute approximate surface area is 149 Å². The number of hydrogen-bond donors (Lipinski definition) is 2. The molecule has 0 radical (unpaired) electrons. The van der Waals surface area contributed by atoms with Crippen molar-refractivity contribution in [2.75, 3.05) is 20.2 Å².